The number of hydrogen-bond acceptors (Lipinski definition) is 4. The van der Waals surface area contributed by atoms with Gasteiger partial charge in [-0.2, -0.15) is 5.26 Å². The molecule has 1 N–H and O–H groups in total. The van der Waals surface area contributed by atoms with Crippen molar-refractivity contribution in [3.63, 3.8) is 0 Å². The molecule has 0 saturated heterocycles. The summed E-state index contributed by atoms with van der Waals surface area (Å²) in [7, 11) is -1.41. The lowest BCUT2D eigenvalue weighted by Crippen LogP contribution is -2.34. The molecule has 0 aliphatic heterocycles. The van der Waals surface area contributed by atoms with Gasteiger partial charge in [0.1, 0.15) is 0 Å². The van der Waals surface area contributed by atoms with E-state index in [-0.39, 0.29) is 0 Å². The molecule has 0 aromatic heterocycles. The summed E-state index contributed by atoms with van der Waals surface area (Å²) < 4.78 is 25.8. The van der Waals surface area contributed by atoms with E-state index >= 15 is 0 Å². The Morgan fingerprint density at radius 3 is 2.39 bits per heavy atom. The first kappa shape index (κ1) is 17.4. The number of rotatable bonds is 9. The molecule has 0 aromatic rings. The van der Waals surface area contributed by atoms with Crippen LogP contribution in [0.5, 0.6) is 0 Å². The Bertz CT molecular complexity index is 360. The molecular weight excluding hydrogens is 250 g/mol. The quantitative estimate of drug-likeness (QED) is 0.644. The molecule has 6 heteroatoms. The number of hydrogen-bond donors (Lipinski definition) is 1. The van der Waals surface area contributed by atoms with Crippen molar-refractivity contribution >= 4 is 10.0 Å². The molecule has 5 nitrogen and oxygen atoms in total. The summed E-state index contributed by atoms with van der Waals surface area (Å²) in [5, 5.41) is 7.79. The molecule has 0 aliphatic carbocycles. The predicted molar refractivity (Wildman–Crippen MR) is 73.6 cm³/mol. The highest BCUT2D eigenvalue weighted by molar-refractivity contribution is 7.90. The highest BCUT2D eigenvalue weighted by Crippen LogP contribution is 2.03. The van der Waals surface area contributed by atoms with Crippen LogP contribution in [0.25, 0.3) is 0 Å². The van der Waals surface area contributed by atoms with Gasteiger partial charge in [0.05, 0.1) is 6.07 Å². The summed E-state index contributed by atoms with van der Waals surface area (Å²) in [6.45, 7) is 7.31. The van der Waals surface area contributed by atoms with Gasteiger partial charge in [-0.1, -0.05) is 6.92 Å². The Labute approximate surface area is 111 Å². The van der Waals surface area contributed by atoms with Crippen LogP contribution in [0.4, 0.5) is 0 Å². The first-order chi connectivity index (χ1) is 8.35. The molecule has 1 atom stereocenters. The van der Waals surface area contributed by atoms with E-state index in [1.54, 1.807) is 6.92 Å². The van der Waals surface area contributed by atoms with Crippen molar-refractivity contribution in [2.45, 2.75) is 51.3 Å². The van der Waals surface area contributed by atoms with Crippen molar-refractivity contribution in [2.24, 2.45) is 0 Å². The van der Waals surface area contributed by atoms with Gasteiger partial charge in [-0.3, -0.25) is 0 Å². The molecule has 0 aromatic carbocycles. The maximum Gasteiger partial charge on any atom is 0.227 e. The lowest BCUT2D eigenvalue weighted by molar-refractivity contribution is 0.268. The highest BCUT2D eigenvalue weighted by atomic mass is 32.2. The van der Waals surface area contributed by atoms with Crippen LogP contribution < -0.4 is 4.72 Å². The van der Waals surface area contributed by atoms with Gasteiger partial charge in [0.15, 0.2) is 5.25 Å². The van der Waals surface area contributed by atoms with Crippen molar-refractivity contribution in [3.05, 3.63) is 0 Å². The second kappa shape index (κ2) is 8.46. The van der Waals surface area contributed by atoms with Crippen LogP contribution in [0.15, 0.2) is 0 Å². The minimum Gasteiger partial charge on any atom is -0.304 e. The van der Waals surface area contributed by atoms with Crippen LogP contribution in [0.1, 0.15) is 40.0 Å². The second-order valence-corrected chi connectivity index (χ2v) is 6.69. The first-order valence-electron chi connectivity index (χ1n) is 6.43. The number of nitriles is 1. The van der Waals surface area contributed by atoms with Crippen LogP contribution in [-0.4, -0.2) is 44.7 Å². The standard InChI is InChI=1S/C12H25N3O2S/c1-5-12(10-13)18(16,17)14-8-6-7-9-15(4)11(2)3/h11-12,14H,5-9H2,1-4H3. The largest absolute Gasteiger partial charge is 0.304 e. The molecule has 0 bridgehead atoms. The number of unbranched alkanes of at least 4 members (excludes halogenated alkanes) is 1. The highest BCUT2D eigenvalue weighted by Gasteiger charge is 2.22. The third-order valence-corrected chi connectivity index (χ3v) is 4.81. The number of nitrogens with one attached hydrogen (secondary N) is 1. The third-order valence-electron chi connectivity index (χ3n) is 3.01. The van der Waals surface area contributed by atoms with Crippen molar-refractivity contribution in [2.75, 3.05) is 20.1 Å². The van der Waals surface area contributed by atoms with E-state index in [2.05, 4.69) is 30.5 Å². The van der Waals surface area contributed by atoms with Crippen molar-refractivity contribution in [1.29, 1.82) is 5.26 Å². The Morgan fingerprint density at radius 2 is 1.94 bits per heavy atom. The van der Waals surface area contributed by atoms with Crippen LogP contribution in [0.3, 0.4) is 0 Å². The van der Waals surface area contributed by atoms with E-state index in [1.807, 2.05) is 6.07 Å². The van der Waals surface area contributed by atoms with E-state index in [1.165, 1.54) is 0 Å². The average Bonchev–Trinajstić information content (AvgIpc) is 2.29. The molecule has 0 radical (unpaired) electrons. The number of sulfonamides is 1. The summed E-state index contributed by atoms with van der Waals surface area (Å²) in [5.41, 5.74) is 0. The van der Waals surface area contributed by atoms with Gasteiger partial charge in [-0.15, -0.1) is 0 Å². The third kappa shape index (κ3) is 6.34. The minimum atomic E-state index is -3.46. The molecule has 0 rings (SSSR count). The molecular formula is C12H25N3O2S. The van der Waals surface area contributed by atoms with E-state index in [0.29, 0.717) is 19.0 Å². The topological polar surface area (TPSA) is 73.2 Å². The second-order valence-electron chi connectivity index (χ2n) is 4.75. The van der Waals surface area contributed by atoms with Crippen molar-refractivity contribution in [1.82, 2.24) is 9.62 Å². The van der Waals surface area contributed by atoms with Gasteiger partial charge in [-0.25, -0.2) is 13.1 Å². The molecule has 106 valence electrons. The molecule has 0 amide bonds. The summed E-state index contributed by atoms with van der Waals surface area (Å²) >= 11 is 0. The zero-order chi connectivity index (χ0) is 14.2. The predicted octanol–water partition coefficient (Wildman–Crippen LogP) is 1.33. The summed E-state index contributed by atoms with van der Waals surface area (Å²) in [6, 6.07) is 2.31. The summed E-state index contributed by atoms with van der Waals surface area (Å²) in [4.78, 5) is 2.22. The summed E-state index contributed by atoms with van der Waals surface area (Å²) in [5.74, 6) is 0. The molecule has 1 unspecified atom stereocenters. The molecule has 0 aliphatic rings. The Balaban J connectivity index is 3.89. The van der Waals surface area contributed by atoms with Crippen LogP contribution in [0.2, 0.25) is 0 Å². The fourth-order valence-electron chi connectivity index (χ4n) is 1.44. The van der Waals surface area contributed by atoms with E-state index in [4.69, 9.17) is 5.26 Å². The normalized spacial score (nSPS) is 13.8. The fourth-order valence-corrected chi connectivity index (χ4v) is 2.65. The monoisotopic (exact) mass is 275 g/mol. The zero-order valence-electron chi connectivity index (χ0n) is 11.8. The molecule has 0 fully saturated rings. The van der Waals surface area contributed by atoms with Crippen LogP contribution in [-0.2, 0) is 10.0 Å². The Kier molecular flexibility index (Phi) is 8.16. The van der Waals surface area contributed by atoms with Gasteiger partial charge in [0, 0.05) is 12.6 Å². The Morgan fingerprint density at radius 1 is 1.33 bits per heavy atom. The van der Waals surface area contributed by atoms with Gasteiger partial charge >= 0.3 is 0 Å². The van der Waals surface area contributed by atoms with Gasteiger partial charge < -0.3 is 4.90 Å². The maximum atomic E-state index is 11.7. The van der Waals surface area contributed by atoms with Crippen LogP contribution >= 0.6 is 0 Å². The molecule has 18 heavy (non-hydrogen) atoms. The maximum absolute atomic E-state index is 11.7. The lowest BCUT2D eigenvalue weighted by Gasteiger charge is -2.20. The molecule has 0 saturated carbocycles. The van der Waals surface area contributed by atoms with Gasteiger partial charge in [-0.05, 0) is 46.7 Å². The molecule has 0 heterocycles. The molecule has 0 spiro atoms. The van der Waals surface area contributed by atoms with E-state index in [0.717, 1.165) is 19.4 Å². The summed E-state index contributed by atoms with van der Waals surface area (Å²) in [6.07, 6.45) is 2.06. The van der Waals surface area contributed by atoms with Crippen LogP contribution in [0, 0.1) is 11.3 Å². The van der Waals surface area contributed by atoms with Gasteiger partial charge in [0.25, 0.3) is 0 Å². The SMILES string of the molecule is CCC(C#N)S(=O)(=O)NCCCCN(C)C(C)C. The zero-order valence-corrected chi connectivity index (χ0v) is 12.6. The van der Waals surface area contributed by atoms with E-state index in [9.17, 15) is 8.42 Å². The van der Waals surface area contributed by atoms with Crippen molar-refractivity contribution in [3.8, 4) is 6.07 Å². The van der Waals surface area contributed by atoms with Gasteiger partial charge in [0.2, 0.25) is 10.0 Å². The average molecular weight is 275 g/mol. The number of nitrogens with zero attached hydrogens (tertiary/aromatic N) is 2. The smallest absolute Gasteiger partial charge is 0.227 e. The lowest BCUT2D eigenvalue weighted by atomic mass is 10.2. The van der Waals surface area contributed by atoms with Crippen molar-refractivity contribution < 1.29 is 8.42 Å². The van der Waals surface area contributed by atoms with E-state index < -0.39 is 15.3 Å². The first-order valence-corrected chi connectivity index (χ1v) is 7.98. The minimum absolute atomic E-state index is 0.321. The fraction of sp³-hybridized carbons (Fsp3) is 0.917. The Hall–Kier alpha value is -0.640.